The monoisotopic (exact) mass is 332 g/mol. The Hall–Kier alpha value is -1.88. The van der Waals surface area contributed by atoms with E-state index in [9.17, 15) is 9.59 Å². The van der Waals surface area contributed by atoms with Gasteiger partial charge in [-0.05, 0) is 30.9 Å². The molecule has 1 aliphatic rings. The molecule has 5 nitrogen and oxygen atoms in total. The minimum absolute atomic E-state index is 0.0122. The molecule has 0 N–H and O–H groups in total. The van der Waals surface area contributed by atoms with Crippen LogP contribution < -0.4 is 0 Å². The Morgan fingerprint density at radius 3 is 2.50 bits per heavy atom. The quantitative estimate of drug-likeness (QED) is 0.733. The molecule has 1 saturated heterocycles. The van der Waals surface area contributed by atoms with Gasteiger partial charge in [-0.2, -0.15) is 0 Å². The molecule has 2 rings (SSSR count). The number of hydrogen-bond donors (Lipinski definition) is 0. The number of ether oxygens (including phenoxy) is 1. The van der Waals surface area contributed by atoms with Crippen LogP contribution in [-0.2, 0) is 27.3 Å². The topological polar surface area (TPSA) is 49.9 Å². The number of hydrogen-bond acceptors (Lipinski definition) is 3. The predicted octanol–water partition coefficient (Wildman–Crippen LogP) is 2.23. The largest absolute Gasteiger partial charge is 0.383 e. The minimum Gasteiger partial charge on any atom is -0.383 e. The number of carbonyl (C=O) groups excluding carboxylic acids is 2. The highest BCUT2D eigenvalue weighted by molar-refractivity contribution is 5.88. The number of rotatable bonds is 8. The molecule has 0 bridgehead atoms. The van der Waals surface area contributed by atoms with Gasteiger partial charge in [-0.3, -0.25) is 9.59 Å². The molecule has 0 spiro atoms. The second-order valence-electron chi connectivity index (χ2n) is 6.29. The smallest absolute Gasteiger partial charge is 0.245 e. The third kappa shape index (κ3) is 4.57. The summed E-state index contributed by atoms with van der Waals surface area (Å²) in [5.74, 6) is 0.0664. The maximum absolute atomic E-state index is 12.9. The molecule has 132 valence electrons. The lowest BCUT2D eigenvalue weighted by Gasteiger charge is -2.30. The average molecular weight is 332 g/mol. The highest BCUT2D eigenvalue weighted by Crippen LogP contribution is 2.16. The number of benzene rings is 1. The molecule has 0 saturated carbocycles. The fraction of sp³-hybridized carbons (Fsp3) is 0.579. The molecule has 1 aliphatic heterocycles. The van der Waals surface area contributed by atoms with E-state index < -0.39 is 6.04 Å². The molecule has 1 aromatic rings. The number of carbonyl (C=O) groups is 2. The third-order valence-electron chi connectivity index (χ3n) is 4.62. The summed E-state index contributed by atoms with van der Waals surface area (Å²) in [6, 6.07) is 7.92. The van der Waals surface area contributed by atoms with E-state index >= 15 is 0 Å². The Morgan fingerprint density at radius 2 is 1.96 bits per heavy atom. The van der Waals surface area contributed by atoms with Gasteiger partial charge in [0.2, 0.25) is 11.8 Å². The Morgan fingerprint density at radius 1 is 1.29 bits per heavy atom. The number of likely N-dealkylation sites (tertiary alicyclic amines) is 1. The van der Waals surface area contributed by atoms with Crippen LogP contribution in [0.4, 0.5) is 0 Å². The van der Waals surface area contributed by atoms with Crippen LogP contribution in [0.5, 0.6) is 0 Å². The maximum atomic E-state index is 12.9. The van der Waals surface area contributed by atoms with Gasteiger partial charge in [0.1, 0.15) is 6.04 Å². The van der Waals surface area contributed by atoms with Crippen LogP contribution >= 0.6 is 0 Å². The summed E-state index contributed by atoms with van der Waals surface area (Å²) in [6.45, 7) is 6.17. The summed E-state index contributed by atoms with van der Waals surface area (Å²) >= 11 is 0. The lowest BCUT2D eigenvalue weighted by atomic mass is 10.1. The summed E-state index contributed by atoms with van der Waals surface area (Å²) in [5, 5.41) is 0. The van der Waals surface area contributed by atoms with E-state index in [1.807, 2.05) is 6.92 Å². The fourth-order valence-corrected chi connectivity index (χ4v) is 3.05. The van der Waals surface area contributed by atoms with Crippen molar-refractivity contribution in [3.05, 3.63) is 35.4 Å². The number of amides is 2. The Bertz CT molecular complexity index is 556. The van der Waals surface area contributed by atoms with Crippen LogP contribution in [0.3, 0.4) is 0 Å². The van der Waals surface area contributed by atoms with Gasteiger partial charge >= 0.3 is 0 Å². The first-order valence-electron chi connectivity index (χ1n) is 8.71. The summed E-state index contributed by atoms with van der Waals surface area (Å²) in [5.41, 5.74) is 2.38. The molecular weight excluding hydrogens is 304 g/mol. The normalized spacial score (nSPS) is 15.6. The number of methoxy groups -OCH3 is 1. The fourth-order valence-electron chi connectivity index (χ4n) is 3.05. The SMILES string of the molecule is CCc1ccc(CN(CCOC)C(=O)[C@@H](C)N2CCCC2=O)cc1. The molecule has 0 radical (unpaired) electrons. The van der Waals surface area contributed by atoms with E-state index in [0.717, 1.165) is 18.4 Å². The van der Waals surface area contributed by atoms with E-state index in [0.29, 0.717) is 32.7 Å². The zero-order valence-corrected chi connectivity index (χ0v) is 15.0. The first kappa shape index (κ1) is 18.5. The van der Waals surface area contributed by atoms with Crippen molar-refractivity contribution in [3.63, 3.8) is 0 Å². The van der Waals surface area contributed by atoms with Crippen molar-refractivity contribution in [3.8, 4) is 0 Å². The second-order valence-corrected chi connectivity index (χ2v) is 6.29. The Balaban J connectivity index is 2.07. The molecule has 0 aliphatic carbocycles. The molecule has 1 fully saturated rings. The molecule has 24 heavy (non-hydrogen) atoms. The van der Waals surface area contributed by atoms with Crippen molar-refractivity contribution in [2.24, 2.45) is 0 Å². The van der Waals surface area contributed by atoms with Crippen LogP contribution in [0, 0.1) is 0 Å². The van der Waals surface area contributed by atoms with Crippen molar-refractivity contribution in [2.75, 3.05) is 26.8 Å². The zero-order chi connectivity index (χ0) is 17.5. The maximum Gasteiger partial charge on any atom is 0.245 e. The van der Waals surface area contributed by atoms with Gasteiger partial charge in [0.25, 0.3) is 0 Å². The van der Waals surface area contributed by atoms with Crippen molar-refractivity contribution in [1.29, 1.82) is 0 Å². The van der Waals surface area contributed by atoms with Gasteiger partial charge in [0.15, 0.2) is 0 Å². The van der Waals surface area contributed by atoms with Gasteiger partial charge < -0.3 is 14.5 Å². The van der Waals surface area contributed by atoms with E-state index in [2.05, 4.69) is 31.2 Å². The van der Waals surface area contributed by atoms with E-state index in [4.69, 9.17) is 4.74 Å². The van der Waals surface area contributed by atoms with Crippen molar-refractivity contribution >= 4 is 11.8 Å². The van der Waals surface area contributed by atoms with E-state index in [-0.39, 0.29) is 11.8 Å². The van der Waals surface area contributed by atoms with Crippen molar-refractivity contribution < 1.29 is 14.3 Å². The lowest BCUT2D eigenvalue weighted by molar-refractivity contribution is -0.143. The van der Waals surface area contributed by atoms with Gasteiger partial charge in [-0.15, -0.1) is 0 Å². The van der Waals surface area contributed by atoms with E-state index in [1.165, 1.54) is 5.56 Å². The molecule has 0 unspecified atom stereocenters. The van der Waals surface area contributed by atoms with Crippen molar-refractivity contribution in [1.82, 2.24) is 9.80 Å². The van der Waals surface area contributed by atoms with Crippen LogP contribution in [0.15, 0.2) is 24.3 Å². The standard InChI is InChI=1S/C19H28N2O3/c1-4-16-7-9-17(10-8-16)14-20(12-13-24-3)19(23)15(2)21-11-5-6-18(21)22/h7-10,15H,4-6,11-14H2,1-3H3/t15-/m1/s1. The van der Waals surface area contributed by atoms with Crippen molar-refractivity contribution in [2.45, 2.75) is 45.7 Å². The third-order valence-corrected chi connectivity index (χ3v) is 4.62. The average Bonchev–Trinajstić information content (AvgIpc) is 3.03. The summed E-state index contributed by atoms with van der Waals surface area (Å²) < 4.78 is 5.15. The molecule has 1 atom stereocenters. The summed E-state index contributed by atoms with van der Waals surface area (Å²) in [4.78, 5) is 28.3. The molecule has 1 heterocycles. The molecule has 2 amide bonds. The first-order chi connectivity index (χ1) is 11.6. The first-order valence-corrected chi connectivity index (χ1v) is 8.71. The van der Waals surface area contributed by atoms with Crippen LogP contribution in [0.25, 0.3) is 0 Å². The molecule has 5 heteroatoms. The Kier molecular flexibility index (Phi) is 6.79. The minimum atomic E-state index is -0.410. The summed E-state index contributed by atoms with van der Waals surface area (Å²) in [7, 11) is 1.63. The highest BCUT2D eigenvalue weighted by Gasteiger charge is 2.31. The van der Waals surface area contributed by atoms with Crippen LogP contribution in [0.1, 0.15) is 37.8 Å². The summed E-state index contributed by atoms with van der Waals surface area (Å²) in [6.07, 6.45) is 2.39. The Labute approximate surface area is 144 Å². The van der Waals surface area contributed by atoms with Gasteiger partial charge in [0, 0.05) is 33.2 Å². The zero-order valence-electron chi connectivity index (χ0n) is 15.0. The van der Waals surface area contributed by atoms with Gasteiger partial charge in [-0.25, -0.2) is 0 Å². The van der Waals surface area contributed by atoms with Gasteiger partial charge in [0.05, 0.1) is 6.61 Å². The molecular formula is C19H28N2O3. The number of nitrogens with zero attached hydrogens (tertiary/aromatic N) is 2. The second kappa shape index (κ2) is 8.83. The van der Waals surface area contributed by atoms with Crippen LogP contribution in [0.2, 0.25) is 0 Å². The predicted molar refractivity (Wildman–Crippen MR) is 93.5 cm³/mol. The van der Waals surface area contributed by atoms with Gasteiger partial charge in [-0.1, -0.05) is 31.2 Å². The molecule has 1 aromatic carbocycles. The number of aryl methyl sites for hydroxylation is 1. The highest BCUT2D eigenvalue weighted by atomic mass is 16.5. The lowest BCUT2D eigenvalue weighted by Crippen LogP contribution is -2.48. The van der Waals surface area contributed by atoms with E-state index in [1.54, 1.807) is 16.9 Å². The van der Waals surface area contributed by atoms with Crippen LogP contribution in [-0.4, -0.2) is 54.5 Å². The molecule has 0 aromatic heterocycles.